The second-order valence-corrected chi connectivity index (χ2v) is 7.61. The summed E-state index contributed by atoms with van der Waals surface area (Å²) in [5.74, 6) is 0.778. The maximum atomic E-state index is 12.0. The van der Waals surface area contributed by atoms with E-state index >= 15 is 0 Å². The molecule has 2 rings (SSSR count). The van der Waals surface area contributed by atoms with E-state index in [0.717, 1.165) is 21.5 Å². The molecule has 6 nitrogen and oxygen atoms in total. The van der Waals surface area contributed by atoms with Gasteiger partial charge in [0.25, 0.3) is 0 Å². The Kier molecular flexibility index (Phi) is 4.98. The van der Waals surface area contributed by atoms with Crippen LogP contribution >= 0.6 is 15.9 Å². The number of pyridine rings is 1. The number of carbonyl (C=O) groups excluding carboxylic acids is 1. The van der Waals surface area contributed by atoms with Gasteiger partial charge in [-0.1, -0.05) is 0 Å². The van der Waals surface area contributed by atoms with Crippen LogP contribution in [0.4, 0.5) is 4.79 Å². The number of aromatic nitrogens is 3. The Bertz CT molecular complexity index is 719. The van der Waals surface area contributed by atoms with Gasteiger partial charge in [0.2, 0.25) is 0 Å². The molecule has 1 amide bonds. The number of amides is 1. The van der Waals surface area contributed by atoms with Crippen molar-refractivity contribution in [2.24, 2.45) is 0 Å². The first-order valence-electron chi connectivity index (χ1n) is 7.61. The summed E-state index contributed by atoms with van der Waals surface area (Å²) in [7, 11) is 0. The number of ether oxygens (including phenoxy) is 1. The minimum atomic E-state index is -0.531. The van der Waals surface area contributed by atoms with Crippen LogP contribution in [0.1, 0.15) is 59.5 Å². The number of alkyl carbamates (subject to hydrolysis) is 1. The van der Waals surface area contributed by atoms with Crippen molar-refractivity contribution in [3.63, 3.8) is 0 Å². The van der Waals surface area contributed by atoms with E-state index in [9.17, 15) is 4.79 Å². The van der Waals surface area contributed by atoms with Gasteiger partial charge in [-0.05, 0) is 63.5 Å². The van der Waals surface area contributed by atoms with Crippen molar-refractivity contribution in [2.45, 2.75) is 59.2 Å². The number of rotatable bonds is 3. The highest BCUT2D eigenvalue weighted by Gasteiger charge is 2.23. The highest BCUT2D eigenvalue weighted by atomic mass is 79.9. The summed E-state index contributed by atoms with van der Waals surface area (Å²) >= 11 is 3.39. The van der Waals surface area contributed by atoms with Gasteiger partial charge in [-0.15, -0.1) is 0 Å². The van der Waals surface area contributed by atoms with Crippen LogP contribution < -0.4 is 5.32 Å². The Balaban J connectivity index is 2.35. The lowest BCUT2D eigenvalue weighted by Crippen LogP contribution is -2.35. The van der Waals surface area contributed by atoms with Crippen molar-refractivity contribution in [3.8, 4) is 0 Å². The largest absolute Gasteiger partial charge is 0.444 e. The minimum Gasteiger partial charge on any atom is -0.444 e. The zero-order valence-electron chi connectivity index (χ0n) is 14.3. The zero-order valence-corrected chi connectivity index (χ0v) is 15.9. The Morgan fingerprint density at radius 1 is 1.35 bits per heavy atom. The van der Waals surface area contributed by atoms with Gasteiger partial charge in [0.05, 0.1) is 17.8 Å². The summed E-state index contributed by atoms with van der Waals surface area (Å²) in [5, 5.41) is 2.85. The molecule has 0 saturated heterocycles. The first-order chi connectivity index (χ1) is 10.6. The van der Waals surface area contributed by atoms with Crippen molar-refractivity contribution in [2.75, 3.05) is 0 Å². The van der Waals surface area contributed by atoms with Crippen molar-refractivity contribution < 1.29 is 9.53 Å². The predicted molar refractivity (Wildman–Crippen MR) is 93.4 cm³/mol. The van der Waals surface area contributed by atoms with Crippen LogP contribution in [0.15, 0.2) is 16.9 Å². The molecule has 0 bridgehead atoms. The fourth-order valence-electron chi connectivity index (χ4n) is 2.39. The SMILES string of the molecule is CC(NC(=O)OC(C)(C)C)c1nc2cnc(Br)cc2n1C(C)C. The van der Waals surface area contributed by atoms with Gasteiger partial charge in [-0.3, -0.25) is 0 Å². The highest BCUT2D eigenvalue weighted by Crippen LogP contribution is 2.26. The van der Waals surface area contributed by atoms with Crippen molar-refractivity contribution in [1.29, 1.82) is 0 Å². The number of carbonyl (C=O) groups is 1. The quantitative estimate of drug-likeness (QED) is 0.800. The van der Waals surface area contributed by atoms with Gasteiger partial charge in [-0.25, -0.2) is 14.8 Å². The lowest BCUT2D eigenvalue weighted by molar-refractivity contribution is 0.0505. The second kappa shape index (κ2) is 6.47. The van der Waals surface area contributed by atoms with Crippen LogP contribution in [0.3, 0.4) is 0 Å². The molecule has 2 aromatic heterocycles. The summed E-state index contributed by atoms with van der Waals surface area (Å²) in [5.41, 5.74) is 1.25. The minimum absolute atomic E-state index is 0.201. The summed E-state index contributed by atoms with van der Waals surface area (Å²) in [4.78, 5) is 20.9. The van der Waals surface area contributed by atoms with E-state index in [2.05, 4.69) is 49.6 Å². The van der Waals surface area contributed by atoms with Crippen LogP contribution in [0.25, 0.3) is 11.0 Å². The second-order valence-electron chi connectivity index (χ2n) is 6.80. The lowest BCUT2D eigenvalue weighted by atomic mass is 10.2. The van der Waals surface area contributed by atoms with E-state index in [1.165, 1.54) is 0 Å². The molecule has 0 aliphatic rings. The van der Waals surface area contributed by atoms with Crippen molar-refractivity contribution in [3.05, 3.63) is 22.7 Å². The molecule has 0 spiro atoms. The molecule has 23 heavy (non-hydrogen) atoms. The maximum Gasteiger partial charge on any atom is 0.408 e. The Morgan fingerprint density at radius 2 is 2.00 bits per heavy atom. The fourth-order valence-corrected chi connectivity index (χ4v) is 2.71. The topological polar surface area (TPSA) is 69.0 Å². The summed E-state index contributed by atoms with van der Waals surface area (Å²) < 4.78 is 8.17. The third kappa shape index (κ3) is 4.22. The van der Waals surface area contributed by atoms with Gasteiger partial charge < -0.3 is 14.6 Å². The van der Waals surface area contributed by atoms with Crippen LogP contribution in [0, 0.1) is 0 Å². The normalized spacial score (nSPS) is 13.4. The van der Waals surface area contributed by atoms with E-state index in [1.54, 1.807) is 6.20 Å². The molecule has 0 radical (unpaired) electrons. The molecule has 0 aliphatic heterocycles. The standard InChI is InChI=1S/C16H23BrN4O2/c1-9(2)21-12-7-13(17)18-8-11(12)20-14(21)10(3)19-15(22)23-16(4,5)6/h7-10H,1-6H3,(H,19,22). The average Bonchev–Trinajstić information content (AvgIpc) is 2.74. The van der Waals surface area contributed by atoms with E-state index in [1.807, 2.05) is 33.8 Å². The Labute approximate surface area is 144 Å². The molecule has 0 aromatic carbocycles. The van der Waals surface area contributed by atoms with Crippen LogP contribution in [-0.2, 0) is 4.74 Å². The van der Waals surface area contributed by atoms with Gasteiger partial charge >= 0.3 is 6.09 Å². The van der Waals surface area contributed by atoms with Crippen LogP contribution in [-0.4, -0.2) is 26.2 Å². The highest BCUT2D eigenvalue weighted by molar-refractivity contribution is 9.10. The Hall–Kier alpha value is -1.63. The molecular formula is C16H23BrN4O2. The molecule has 126 valence electrons. The molecule has 1 atom stereocenters. The number of nitrogens with one attached hydrogen (secondary N) is 1. The lowest BCUT2D eigenvalue weighted by Gasteiger charge is -2.23. The summed E-state index contributed by atoms with van der Waals surface area (Å²) in [6.45, 7) is 11.6. The van der Waals surface area contributed by atoms with Gasteiger partial charge in [0.1, 0.15) is 21.5 Å². The van der Waals surface area contributed by atoms with E-state index in [-0.39, 0.29) is 12.1 Å². The molecule has 1 unspecified atom stereocenters. The van der Waals surface area contributed by atoms with E-state index in [0.29, 0.717) is 0 Å². The number of hydrogen-bond donors (Lipinski definition) is 1. The number of halogens is 1. The zero-order chi connectivity index (χ0) is 17.4. The van der Waals surface area contributed by atoms with E-state index in [4.69, 9.17) is 4.74 Å². The van der Waals surface area contributed by atoms with Crippen LogP contribution in [0.2, 0.25) is 0 Å². The van der Waals surface area contributed by atoms with Crippen molar-refractivity contribution in [1.82, 2.24) is 19.9 Å². The average molecular weight is 383 g/mol. The molecule has 0 aliphatic carbocycles. The third-order valence-corrected chi connectivity index (χ3v) is 3.64. The number of hydrogen-bond acceptors (Lipinski definition) is 4. The van der Waals surface area contributed by atoms with Gasteiger partial charge in [0, 0.05) is 6.04 Å². The van der Waals surface area contributed by atoms with E-state index < -0.39 is 11.7 Å². The first kappa shape index (κ1) is 17.7. The molecular weight excluding hydrogens is 360 g/mol. The van der Waals surface area contributed by atoms with Crippen LogP contribution in [0.5, 0.6) is 0 Å². The Morgan fingerprint density at radius 3 is 2.57 bits per heavy atom. The maximum absolute atomic E-state index is 12.0. The molecule has 0 saturated carbocycles. The first-order valence-corrected chi connectivity index (χ1v) is 8.40. The summed E-state index contributed by atoms with van der Waals surface area (Å²) in [6, 6.07) is 1.86. The van der Waals surface area contributed by atoms with Crippen molar-refractivity contribution >= 4 is 33.1 Å². The molecule has 7 heteroatoms. The summed E-state index contributed by atoms with van der Waals surface area (Å²) in [6.07, 6.45) is 1.27. The number of imidazole rings is 1. The third-order valence-electron chi connectivity index (χ3n) is 3.21. The molecule has 1 N–H and O–H groups in total. The van der Waals surface area contributed by atoms with Gasteiger partial charge in [0.15, 0.2) is 0 Å². The number of fused-ring (bicyclic) bond motifs is 1. The molecule has 0 fully saturated rings. The van der Waals surface area contributed by atoms with Gasteiger partial charge in [-0.2, -0.15) is 0 Å². The fraction of sp³-hybridized carbons (Fsp3) is 0.562. The monoisotopic (exact) mass is 382 g/mol. The molecule has 2 aromatic rings. The predicted octanol–water partition coefficient (Wildman–Crippen LogP) is 4.36. The molecule has 2 heterocycles. The smallest absolute Gasteiger partial charge is 0.408 e. The number of nitrogens with zero attached hydrogens (tertiary/aromatic N) is 3.